The van der Waals surface area contributed by atoms with Crippen molar-refractivity contribution in [3.63, 3.8) is 0 Å². The number of rotatable bonds is 5. The molecule has 132 valence electrons. The molecule has 1 fully saturated rings. The number of amides is 1. The molecule has 1 aliphatic heterocycles. The van der Waals surface area contributed by atoms with E-state index >= 15 is 0 Å². The first-order valence-electron chi connectivity index (χ1n) is 8.65. The van der Waals surface area contributed by atoms with Crippen molar-refractivity contribution in [1.82, 2.24) is 19.9 Å². The number of nitrogens with zero attached hydrogens (tertiary/aromatic N) is 4. The highest BCUT2D eigenvalue weighted by atomic mass is 19.1. The Morgan fingerprint density at radius 1 is 1.36 bits per heavy atom. The fourth-order valence-electron chi connectivity index (χ4n) is 3.44. The zero-order chi connectivity index (χ0) is 17.4. The van der Waals surface area contributed by atoms with Gasteiger partial charge in [0.15, 0.2) is 0 Å². The number of methoxy groups -OCH3 is 1. The third kappa shape index (κ3) is 3.04. The van der Waals surface area contributed by atoms with E-state index in [0.717, 1.165) is 17.9 Å². The van der Waals surface area contributed by atoms with Gasteiger partial charge in [-0.3, -0.25) is 4.79 Å². The Hall–Kier alpha value is -2.28. The van der Waals surface area contributed by atoms with Crippen LogP contribution in [0.25, 0.3) is 0 Å². The second-order valence-corrected chi connectivity index (χ2v) is 6.75. The van der Waals surface area contributed by atoms with Gasteiger partial charge in [0.1, 0.15) is 17.6 Å². The molecule has 0 unspecified atom stereocenters. The van der Waals surface area contributed by atoms with Crippen LogP contribution >= 0.6 is 0 Å². The standard InChI is InChI=1S/C18H21FN4O2/c1-25-11-16-17-15(23(21-20-17)10-12-6-7-12)8-9-22(16)18(24)13-4-2-3-5-14(13)19/h2-5,12,16H,6-11H2,1H3/t16-/m0/s1. The lowest BCUT2D eigenvalue weighted by Crippen LogP contribution is -2.42. The van der Waals surface area contributed by atoms with Crippen molar-refractivity contribution in [2.45, 2.75) is 31.8 Å². The van der Waals surface area contributed by atoms with E-state index in [0.29, 0.717) is 25.5 Å². The van der Waals surface area contributed by atoms with Crippen molar-refractivity contribution < 1.29 is 13.9 Å². The van der Waals surface area contributed by atoms with E-state index in [1.54, 1.807) is 24.1 Å². The Bertz CT molecular complexity index is 787. The highest BCUT2D eigenvalue weighted by Crippen LogP contribution is 2.34. The van der Waals surface area contributed by atoms with Gasteiger partial charge in [-0.25, -0.2) is 9.07 Å². The molecule has 4 rings (SSSR count). The zero-order valence-corrected chi connectivity index (χ0v) is 14.2. The largest absolute Gasteiger partial charge is 0.382 e. The van der Waals surface area contributed by atoms with Crippen molar-refractivity contribution in [1.29, 1.82) is 0 Å². The monoisotopic (exact) mass is 344 g/mol. The maximum Gasteiger partial charge on any atom is 0.257 e. The van der Waals surface area contributed by atoms with Crippen LogP contribution in [0.15, 0.2) is 24.3 Å². The molecule has 1 aromatic heterocycles. The molecule has 0 spiro atoms. The van der Waals surface area contributed by atoms with Crippen LogP contribution in [-0.4, -0.2) is 46.1 Å². The zero-order valence-electron chi connectivity index (χ0n) is 14.2. The minimum absolute atomic E-state index is 0.0809. The Morgan fingerprint density at radius 2 is 2.16 bits per heavy atom. The van der Waals surface area contributed by atoms with Crippen molar-refractivity contribution in [3.8, 4) is 0 Å². The van der Waals surface area contributed by atoms with Crippen molar-refractivity contribution in [2.24, 2.45) is 5.92 Å². The summed E-state index contributed by atoms with van der Waals surface area (Å²) >= 11 is 0. The van der Waals surface area contributed by atoms with Crippen LogP contribution in [0.5, 0.6) is 0 Å². The summed E-state index contributed by atoms with van der Waals surface area (Å²) in [5.41, 5.74) is 1.93. The minimum Gasteiger partial charge on any atom is -0.382 e. The fraction of sp³-hybridized carbons (Fsp3) is 0.500. The van der Waals surface area contributed by atoms with E-state index in [1.165, 1.54) is 25.0 Å². The predicted molar refractivity (Wildman–Crippen MR) is 88.5 cm³/mol. The summed E-state index contributed by atoms with van der Waals surface area (Å²) in [5.74, 6) is -0.140. The maximum atomic E-state index is 14.0. The fourth-order valence-corrected chi connectivity index (χ4v) is 3.44. The van der Waals surface area contributed by atoms with Gasteiger partial charge in [-0.15, -0.1) is 5.10 Å². The highest BCUT2D eigenvalue weighted by Gasteiger charge is 2.36. The molecular weight excluding hydrogens is 323 g/mol. The number of fused-ring (bicyclic) bond motifs is 1. The summed E-state index contributed by atoms with van der Waals surface area (Å²) in [6, 6.07) is 5.73. The SMILES string of the molecule is COC[C@H]1c2nnn(CC3CC3)c2CCN1C(=O)c1ccccc1F. The smallest absolute Gasteiger partial charge is 0.257 e. The average Bonchev–Trinajstić information content (AvgIpc) is 3.34. The summed E-state index contributed by atoms with van der Waals surface area (Å²) in [7, 11) is 1.59. The highest BCUT2D eigenvalue weighted by molar-refractivity contribution is 5.94. The lowest BCUT2D eigenvalue weighted by Gasteiger charge is -2.34. The van der Waals surface area contributed by atoms with Crippen molar-refractivity contribution in [3.05, 3.63) is 47.0 Å². The van der Waals surface area contributed by atoms with Gasteiger partial charge in [-0.05, 0) is 30.9 Å². The number of ether oxygens (including phenoxy) is 1. The first-order chi connectivity index (χ1) is 12.2. The van der Waals surface area contributed by atoms with Gasteiger partial charge in [0.2, 0.25) is 0 Å². The molecule has 2 heterocycles. The second kappa shape index (κ2) is 6.55. The van der Waals surface area contributed by atoms with E-state index in [1.807, 2.05) is 4.68 Å². The third-order valence-electron chi connectivity index (χ3n) is 4.97. The quantitative estimate of drug-likeness (QED) is 0.834. The lowest BCUT2D eigenvalue weighted by atomic mass is 10.0. The van der Waals surface area contributed by atoms with Gasteiger partial charge in [0, 0.05) is 26.6 Å². The first kappa shape index (κ1) is 16.2. The molecule has 1 amide bonds. The van der Waals surface area contributed by atoms with Gasteiger partial charge >= 0.3 is 0 Å². The summed E-state index contributed by atoms with van der Waals surface area (Å²) in [6.45, 7) is 1.71. The predicted octanol–water partition coefficient (Wildman–Crippen LogP) is 2.21. The number of hydrogen-bond acceptors (Lipinski definition) is 4. The van der Waals surface area contributed by atoms with Gasteiger partial charge in [-0.2, -0.15) is 0 Å². The third-order valence-corrected chi connectivity index (χ3v) is 4.97. The van der Waals surface area contributed by atoms with Gasteiger partial charge < -0.3 is 9.64 Å². The summed E-state index contributed by atoms with van der Waals surface area (Å²) in [6.07, 6.45) is 3.16. The van der Waals surface area contributed by atoms with Crippen LogP contribution in [0.4, 0.5) is 4.39 Å². The number of hydrogen-bond donors (Lipinski definition) is 0. The molecule has 0 radical (unpaired) electrons. The molecule has 2 aliphatic rings. The number of benzene rings is 1. The van der Waals surface area contributed by atoms with E-state index in [4.69, 9.17) is 4.74 Å². The normalized spacial score (nSPS) is 19.8. The lowest BCUT2D eigenvalue weighted by molar-refractivity contribution is 0.0486. The number of carbonyl (C=O) groups is 1. The van der Waals surface area contributed by atoms with Gasteiger partial charge in [0.05, 0.1) is 17.9 Å². The van der Waals surface area contributed by atoms with Crippen LogP contribution in [0.1, 0.15) is 40.6 Å². The van der Waals surface area contributed by atoms with Crippen LogP contribution in [-0.2, 0) is 17.7 Å². The van der Waals surface area contributed by atoms with E-state index < -0.39 is 5.82 Å². The maximum absolute atomic E-state index is 14.0. The molecule has 1 saturated carbocycles. The van der Waals surface area contributed by atoms with E-state index in [9.17, 15) is 9.18 Å². The Morgan fingerprint density at radius 3 is 2.88 bits per heavy atom. The van der Waals surface area contributed by atoms with E-state index in [-0.39, 0.29) is 17.5 Å². The number of aromatic nitrogens is 3. The molecule has 6 nitrogen and oxygen atoms in total. The Kier molecular flexibility index (Phi) is 4.25. The molecule has 0 saturated heterocycles. The Labute approximate surface area is 145 Å². The van der Waals surface area contributed by atoms with E-state index in [2.05, 4.69) is 10.3 Å². The molecule has 1 aliphatic carbocycles. The number of carbonyl (C=O) groups excluding carboxylic acids is 1. The second-order valence-electron chi connectivity index (χ2n) is 6.75. The van der Waals surface area contributed by atoms with Crippen LogP contribution < -0.4 is 0 Å². The molecule has 0 bridgehead atoms. The minimum atomic E-state index is -0.508. The summed E-state index contributed by atoms with van der Waals surface area (Å²) < 4.78 is 21.3. The molecule has 7 heteroatoms. The Balaban J connectivity index is 1.64. The van der Waals surface area contributed by atoms with Crippen LogP contribution in [0, 0.1) is 11.7 Å². The molecule has 1 atom stereocenters. The average molecular weight is 344 g/mol. The molecule has 1 aromatic carbocycles. The van der Waals surface area contributed by atoms with Crippen molar-refractivity contribution >= 4 is 5.91 Å². The van der Waals surface area contributed by atoms with Crippen molar-refractivity contribution in [2.75, 3.05) is 20.3 Å². The molecular formula is C18H21FN4O2. The number of halogens is 1. The van der Waals surface area contributed by atoms with Gasteiger partial charge in [0.25, 0.3) is 5.91 Å². The molecule has 0 N–H and O–H groups in total. The van der Waals surface area contributed by atoms with Gasteiger partial charge in [-0.1, -0.05) is 17.3 Å². The topological polar surface area (TPSA) is 60.3 Å². The first-order valence-corrected chi connectivity index (χ1v) is 8.65. The molecule has 2 aromatic rings. The molecule has 25 heavy (non-hydrogen) atoms. The van der Waals surface area contributed by atoms with Crippen LogP contribution in [0.3, 0.4) is 0 Å². The summed E-state index contributed by atoms with van der Waals surface area (Å²) in [4.78, 5) is 14.5. The van der Waals surface area contributed by atoms with Crippen LogP contribution in [0.2, 0.25) is 0 Å². The summed E-state index contributed by atoms with van der Waals surface area (Å²) in [5, 5.41) is 8.63.